The van der Waals surface area contributed by atoms with Gasteiger partial charge in [0.2, 0.25) is 0 Å². The molecule has 7 heteroatoms. The number of hydrogen-bond acceptors (Lipinski definition) is 3. The molecule has 0 aromatic heterocycles. The Kier molecular flexibility index (Phi) is 6.49. The highest BCUT2D eigenvalue weighted by Crippen LogP contribution is 2.36. The molecular formula is C28H21ClN2O3S. The number of nitrogens with one attached hydrogen (secondary N) is 1. The summed E-state index contributed by atoms with van der Waals surface area (Å²) in [5.74, 6) is -0.572. The Hall–Kier alpha value is -3.74. The Balaban J connectivity index is 1.53. The Bertz CT molecular complexity index is 1460. The van der Waals surface area contributed by atoms with Crippen molar-refractivity contribution in [3.05, 3.63) is 124 Å². The lowest BCUT2D eigenvalue weighted by Gasteiger charge is -2.23. The van der Waals surface area contributed by atoms with E-state index in [2.05, 4.69) is 5.32 Å². The van der Waals surface area contributed by atoms with E-state index in [1.165, 1.54) is 0 Å². The first-order valence-corrected chi connectivity index (χ1v) is 12.6. The monoisotopic (exact) mass is 500 g/mol. The Morgan fingerprint density at radius 3 is 2.37 bits per heavy atom. The maximum Gasteiger partial charge on any atom is 0.259 e. The number of fused-ring (bicyclic) bond motifs is 2. The number of anilines is 1. The average molecular weight is 501 g/mol. The van der Waals surface area contributed by atoms with Crippen LogP contribution in [0.25, 0.3) is 0 Å². The largest absolute Gasteiger partial charge is 0.348 e. The van der Waals surface area contributed by atoms with E-state index in [1.54, 1.807) is 53.4 Å². The minimum atomic E-state index is -1.58. The standard InChI is InChI=1S/C28H21ClN2O3S/c29-23-12-6-4-10-21(23)17-30-27(32)20-14-15-26-24(16-20)31(18-19-8-2-1-3-9-19)28(33)22-11-5-7-13-25(22)35(26)34/h1-16H,17-18H2,(H,30,32)/t35-/m1/s1. The van der Waals surface area contributed by atoms with E-state index in [-0.39, 0.29) is 24.9 Å². The molecular weight excluding hydrogens is 480 g/mol. The van der Waals surface area contributed by atoms with Crippen LogP contribution in [-0.4, -0.2) is 16.0 Å². The van der Waals surface area contributed by atoms with E-state index >= 15 is 0 Å². The number of carbonyl (C=O) groups excluding carboxylic acids is 2. The fourth-order valence-corrected chi connectivity index (χ4v) is 5.59. The summed E-state index contributed by atoms with van der Waals surface area (Å²) in [5.41, 5.74) is 2.94. The maximum atomic E-state index is 13.7. The quantitative estimate of drug-likeness (QED) is 0.388. The number of hydrogen-bond donors (Lipinski definition) is 1. The summed E-state index contributed by atoms with van der Waals surface area (Å²) < 4.78 is 13.5. The Morgan fingerprint density at radius 1 is 0.857 bits per heavy atom. The number of carbonyl (C=O) groups is 2. The van der Waals surface area contributed by atoms with E-state index in [1.807, 2.05) is 48.5 Å². The molecule has 0 spiro atoms. The van der Waals surface area contributed by atoms with Crippen LogP contribution in [0, 0.1) is 0 Å². The lowest BCUT2D eigenvalue weighted by Crippen LogP contribution is -2.31. The van der Waals surface area contributed by atoms with E-state index in [9.17, 15) is 13.8 Å². The van der Waals surface area contributed by atoms with Crippen molar-refractivity contribution in [2.45, 2.75) is 22.9 Å². The molecule has 1 aliphatic heterocycles. The maximum absolute atomic E-state index is 13.7. The third-order valence-corrected chi connectivity index (χ3v) is 7.72. The zero-order chi connectivity index (χ0) is 24.4. The molecule has 0 fully saturated rings. The molecule has 5 rings (SSSR count). The fourth-order valence-electron chi connectivity index (χ4n) is 4.05. The van der Waals surface area contributed by atoms with Crippen LogP contribution in [0.2, 0.25) is 5.02 Å². The molecule has 0 radical (unpaired) electrons. The van der Waals surface area contributed by atoms with Gasteiger partial charge in [0.25, 0.3) is 11.8 Å². The van der Waals surface area contributed by atoms with E-state index in [4.69, 9.17) is 11.6 Å². The van der Waals surface area contributed by atoms with Crippen molar-refractivity contribution in [2.75, 3.05) is 4.90 Å². The Labute approximate surface area is 210 Å². The van der Waals surface area contributed by atoms with Gasteiger partial charge >= 0.3 is 0 Å². The summed E-state index contributed by atoms with van der Waals surface area (Å²) in [5, 5.41) is 3.45. The van der Waals surface area contributed by atoms with Crippen molar-refractivity contribution in [3.8, 4) is 0 Å². The van der Waals surface area contributed by atoms with Gasteiger partial charge in [-0.1, -0.05) is 72.3 Å². The van der Waals surface area contributed by atoms with Gasteiger partial charge in [-0.2, -0.15) is 0 Å². The molecule has 0 unspecified atom stereocenters. The smallest absolute Gasteiger partial charge is 0.259 e. The number of nitrogens with zero attached hydrogens (tertiary/aromatic N) is 1. The number of halogens is 1. The van der Waals surface area contributed by atoms with Crippen LogP contribution in [0.5, 0.6) is 0 Å². The van der Waals surface area contributed by atoms with Gasteiger partial charge in [-0.3, -0.25) is 9.59 Å². The molecule has 0 aliphatic carbocycles. The number of rotatable bonds is 5. The summed E-state index contributed by atoms with van der Waals surface area (Å²) >= 11 is 6.21. The van der Waals surface area contributed by atoms with Gasteiger partial charge in [-0.05, 0) is 47.5 Å². The van der Waals surface area contributed by atoms with Crippen molar-refractivity contribution in [3.63, 3.8) is 0 Å². The Morgan fingerprint density at radius 2 is 1.57 bits per heavy atom. The number of benzene rings is 4. The molecule has 174 valence electrons. The van der Waals surface area contributed by atoms with Crippen LogP contribution in [0.3, 0.4) is 0 Å². The van der Waals surface area contributed by atoms with Crippen LogP contribution in [-0.2, 0) is 23.9 Å². The molecule has 1 atom stereocenters. The van der Waals surface area contributed by atoms with Gasteiger partial charge in [-0.15, -0.1) is 0 Å². The lowest BCUT2D eigenvalue weighted by atomic mass is 10.1. The first kappa shape index (κ1) is 23.0. The molecule has 35 heavy (non-hydrogen) atoms. The first-order valence-electron chi connectivity index (χ1n) is 11.0. The van der Waals surface area contributed by atoms with Crippen LogP contribution in [0.4, 0.5) is 5.69 Å². The topological polar surface area (TPSA) is 66.5 Å². The van der Waals surface area contributed by atoms with Crippen molar-refractivity contribution >= 4 is 39.9 Å². The average Bonchev–Trinajstić information content (AvgIpc) is 2.98. The van der Waals surface area contributed by atoms with Gasteiger partial charge in [0.15, 0.2) is 0 Å². The first-order chi connectivity index (χ1) is 17.0. The molecule has 0 bridgehead atoms. The molecule has 5 nitrogen and oxygen atoms in total. The van der Waals surface area contributed by atoms with Gasteiger partial charge in [0.1, 0.15) is 0 Å². The molecule has 1 heterocycles. The minimum absolute atomic E-state index is 0.259. The van der Waals surface area contributed by atoms with Crippen LogP contribution in [0.15, 0.2) is 107 Å². The van der Waals surface area contributed by atoms with Crippen LogP contribution < -0.4 is 10.2 Å². The zero-order valence-electron chi connectivity index (χ0n) is 18.6. The second-order valence-electron chi connectivity index (χ2n) is 8.10. The highest BCUT2D eigenvalue weighted by atomic mass is 35.5. The summed E-state index contributed by atoms with van der Waals surface area (Å²) in [7, 11) is -1.58. The van der Waals surface area contributed by atoms with Crippen molar-refractivity contribution in [1.29, 1.82) is 0 Å². The molecule has 0 saturated carbocycles. The summed E-state index contributed by atoms with van der Waals surface area (Å²) in [4.78, 5) is 29.2. The highest BCUT2D eigenvalue weighted by Gasteiger charge is 2.31. The zero-order valence-corrected chi connectivity index (χ0v) is 20.2. The summed E-state index contributed by atoms with van der Waals surface area (Å²) in [6.45, 7) is 0.544. The predicted molar refractivity (Wildman–Crippen MR) is 137 cm³/mol. The molecule has 1 N–H and O–H groups in total. The predicted octanol–water partition coefficient (Wildman–Crippen LogP) is 5.60. The third kappa shape index (κ3) is 4.63. The van der Waals surface area contributed by atoms with E-state index < -0.39 is 10.8 Å². The van der Waals surface area contributed by atoms with Crippen molar-refractivity contribution < 1.29 is 13.8 Å². The van der Waals surface area contributed by atoms with Crippen molar-refractivity contribution in [2.24, 2.45) is 0 Å². The molecule has 2 amide bonds. The van der Waals surface area contributed by atoms with E-state index in [0.717, 1.165) is 11.1 Å². The van der Waals surface area contributed by atoms with Crippen molar-refractivity contribution in [1.82, 2.24) is 5.32 Å². The summed E-state index contributed by atoms with van der Waals surface area (Å²) in [6.07, 6.45) is 0. The molecule has 1 aliphatic rings. The fraction of sp³-hybridized carbons (Fsp3) is 0.0714. The van der Waals surface area contributed by atoms with Gasteiger partial charge in [0, 0.05) is 17.1 Å². The van der Waals surface area contributed by atoms with Crippen LogP contribution in [0.1, 0.15) is 31.8 Å². The van der Waals surface area contributed by atoms with Gasteiger partial charge < -0.3 is 10.2 Å². The normalized spacial score (nSPS) is 14.6. The second kappa shape index (κ2) is 9.86. The third-order valence-electron chi connectivity index (χ3n) is 5.85. The molecule has 4 aromatic rings. The van der Waals surface area contributed by atoms with Gasteiger partial charge in [-0.25, -0.2) is 4.21 Å². The lowest BCUT2D eigenvalue weighted by molar-refractivity contribution is 0.0947. The highest BCUT2D eigenvalue weighted by molar-refractivity contribution is 7.85. The van der Waals surface area contributed by atoms with E-state index in [0.29, 0.717) is 31.6 Å². The van der Waals surface area contributed by atoms with Gasteiger partial charge in [0.05, 0.1) is 38.4 Å². The second-order valence-corrected chi connectivity index (χ2v) is 9.92. The minimum Gasteiger partial charge on any atom is -0.348 e. The summed E-state index contributed by atoms with van der Waals surface area (Å²) in [6, 6.07) is 28.8. The number of amides is 2. The molecule has 4 aromatic carbocycles. The van der Waals surface area contributed by atoms with Crippen LogP contribution >= 0.6 is 11.6 Å². The SMILES string of the molecule is O=C(NCc1ccccc1Cl)c1ccc2c(c1)N(Cc1ccccc1)C(=O)c1ccccc1[S@]2=O. The molecule has 0 saturated heterocycles.